The van der Waals surface area contributed by atoms with Crippen LogP contribution in [0, 0.1) is 11.8 Å². The molecule has 5 heteroatoms. The highest BCUT2D eigenvalue weighted by atomic mass is 35.5. The molecule has 2 amide bonds. The maximum Gasteiger partial charge on any atom is 0.237 e. The zero-order valence-electron chi connectivity index (χ0n) is 9.61. The number of rotatable bonds is 1. The fraction of sp³-hybridized carbons (Fsp3) is 0.333. The summed E-state index contributed by atoms with van der Waals surface area (Å²) in [6.45, 7) is 3.49. The van der Waals surface area contributed by atoms with Crippen LogP contribution >= 0.6 is 11.6 Å². The van der Waals surface area contributed by atoms with Crippen LogP contribution in [-0.2, 0) is 9.59 Å². The van der Waals surface area contributed by atoms with E-state index in [-0.39, 0.29) is 23.7 Å². The summed E-state index contributed by atoms with van der Waals surface area (Å²) in [5.74, 6) is -1.05. The lowest BCUT2D eigenvalue weighted by Gasteiger charge is -2.16. The van der Waals surface area contributed by atoms with Crippen LogP contribution in [0.25, 0.3) is 0 Å². The Labute approximate surface area is 104 Å². The summed E-state index contributed by atoms with van der Waals surface area (Å²) in [5.41, 5.74) is 6.49. The van der Waals surface area contributed by atoms with Gasteiger partial charge < -0.3 is 5.73 Å². The van der Waals surface area contributed by atoms with E-state index < -0.39 is 0 Å². The molecule has 2 rings (SSSR count). The van der Waals surface area contributed by atoms with Gasteiger partial charge in [-0.3, -0.25) is 9.59 Å². The van der Waals surface area contributed by atoms with Crippen molar-refractivity contribution in [2.75, 3.05) is 10.6 Å². The van der Waals surface area contributed by atoms with Crippen LogP contribution in [0.2, 0.25) is 5.02 Å². The van der Waals surface area contributed by atoms with E-state index in [0.29, 0.717) is 16.4 Å². The van der Waals surface area contributed by atoms with Crippen LogP contribution in [-0.4, -0.2) is 11.8 Å². The number of nitrogens with two attached hydrogens (primary N) is 1. The molecule has 1 aliphatic rings. The minimum Gasteiger partial charge on any atom is -0.399 e. The minimum absolute atomic E-state index is 0.214. The monoisotopic (exact) mass is 252 g/mol. The third kappa shape index (κ3) is 1.78. The van der Waals surface area contributed by atoms with Crippen LogP contribution in [0.15, 0.2) is 18.2 Å². The number of hydrogen-bond donors (Lipinski definition) is 1. The van der Waals surface area contributed by atoms with E-state index in [1.807, 2.05) is 0 Å². The van der Waals surface area contributed by atoms with E-state index >= 15 is 0 Å². The normalized spacial score (nSPS) is 24.5. The molecule has 17 heavy (non-hydrogen) atoms. The minimum atomic E-state index is -0.309. The Morgan fingerprint density at radius 3 is 2.18 bits per heavy atom. The van der Waals surface area contributed by atoms with Crippen LogP contribution in [0.3, 0.4) is 0 Å². The molecule has 1 aromatic rings. The van der Waals surface area contributed by atoms with Gasteiger partial charge in [0.05, 0.1) is 10.7 Å². The van der Waals surface area contributed by atoms with Gasteiger partial charge in [-0.1, -0.05) is 25.4 Å². The van der Waals surface area contributed by atoms with E-state index in [4.69, 9.17) is 17.3 Å². The lowest BCUT2D eigenvalue weighted by molar-refractivity contribution is -0.122. The number of nitrogens with zero attached hydrogens (tertiary/aromatic N) is 1. The van der Waals surface area contributed by atoms with E-state index in [1.54, 1.807) is 26.0 Å². The second kappa shape index (κ2) is 4.04. The molecule has 0 aliphatic carbocycles. The van der Waals surface area contributed by atoms with Crippen molar-refractivity contribution in [3.05, 3.63) is 23.2 Å². The molecule has 1 aliphatic heterocycles. The van der Waals surface area contributed by atoms with Gasteiger partial charge in [0.15, 0.2) is 0 Å². The van der Waals surface area contributed by atoms with Gasteiger partial charge in [0.1, 0.15) is 0 Å². The fourth-order valence-electron chi connectivity index (χ4n) is 1.89. The molecule has 90 valence electrons. The molecule has 0 aromatic heterocycles. The summed E-state index contributed by atoms with van der Waals surface area (Å²) in [7, 11) is 0. The van der Waals surface area contributed by atoms with Crippen LogP contribution < -0.4 is 10.6 Å². The number of carbonyl (C=O) groups is 2. The molecule has 2 atom stereocenters. The highest BCUT2D eigenvalue weighted by Gasteiger charge is 2.43. The molecule has 1 aromatic carbocycles. The Bertz CT molecular complexity index is 481. The highest BCUT2D eigenvalue weighted by molar-refractivity contribution is 6.36. The first-order valence-corrected chi connectivity index (χ1v) is 5.74. The summed E-state index contributed by atoms with van der Waals surface area (Å²) < 4.78 is 0. The molecule has 2 N–H and O–H groups in total. The molecule has 0 bridgehead atoms. The molecule has 0 radical (unpaired) electrons. The van der Waals surface area contributed by atoms with Gasteiger partial charge in [0.2, 0.25) is 11.8 Å². The van der Waals surface area contributed by atoms with Crippen LogP contribution in [0.4, 0.5) is 11.4 Å². The highest BCUT2D eigenvalue weighted by Crippen LogP contribution is 2.35. The first-order chi connectivity index (χ1) is 7.93. The SMILES string of the molecule is CC1C(=O)N(c2ccc(N)cc2Cl)C(=O)C1C. The second-order valence-electron chi connectivity index (χ2n) is 4.30. The lowest BCUT2D eigenvalue weighted by Crippen LogP contribution is -2.30. The summed E-state index contributed by atoms with van der Waals surface area (Å²) in [4.78, 5) is 25.1. The zero-order valence-corrected chi connectivity index (χ0v) is 10.4. The summed E-state index contributed by atoms with van der Waals surface area (Å²) in [6.07, 6.45) is 0. The number of benzene rings is 1. The van der Waals surface area contributed by atoms with Gasteiger partial charge in [-0.25, -0.2) is 4.90 Å². The van der Waals surface area contributed by atoms with Crippen LogP contribution in [0.5, 0.6) is 0 Å². The Kier molecular flexibility index (Phi) is 2.83. The predicted molar refractivity (Wildman–Crippen MR) is 66.7 cm³/mol. The van der Waals surface area contributed by atoms with Crippen molar-refractivity contribution in [1.29, 1.82) is 0 Å². The Balaban J connectivity index is 2.47. The molecular formula is C12H13ClN2O2. The third-order valence-electron chi connectivity index (χ3n) is 3.18. The van der Waals surface area contributed by atoms with Crippen molar-refractivity contribution < 1.29 is 9.59 Å². The quantitative estimate of drug-likeness (QED) is 0.615. The Morgan fingerprint density at radius 1 is 1.18 bits per heavy atom. The summed E-state index contributed by atoms with van der Waals surface area (Å²) in [6, 6.07) is 4.75. The van der Waals surface area contributed by atoms with Crippen LogP contribution in [0.1, 0.15) is 13.8 Å². The van der Waals surface area contributed by atoms with Crippen molar-refractivity contribution in [1.82, 2.24) is 0 Å². The van der Waals surface area contributed by atoms with Crippen molar-refractivity contribution in [2.24, 2.45) is 11.8 Å². The molecule has 2 unspecified atom stereocenters. The average molecular weight is 253 g/mol. The molecule has 1 saturated heterocycles. The lowest BCUT2D eigenvalue weighted by atomic mass is 10.00. The van der Waals surface area contributed by atoms with Gasteiger partial charge in [-0.2, -0.15) is 0 Å². The Hall–Kier alpha value is -1.55. The van der Waals surface area contributed by atoms with E-state index in [2.05, 4.69) is 0 Å². The third-order valence-corrected chi connectivity index (χ3v) is 3.49. The molecule has 1 fully saturated rings. The number of nitrogen functional groups attached to an aromatic ring is 1. The van der Waals surface area contributed by atoms with Crippen molar-refractivity contribution >= 4 is 34.8 Å². The number of hydrogen-bond acceptors (Lipinski definition) is 3. The van der Waals surface area contributed by atoms with Gasteiger partial charge in [-0.15, -0.1) is 0 Å². The largest absolute Gasteiger partial charge is 0.399 e. The van der Waals surface area contributed by atoms with Gasteiger partial charge in [0, 0.05) is 17.5 Å². The maximum atomic E-state index is 12.0. The Morgan fingerprint density at radius 2 is 1.71 bits per heavy atom. The average Bonchev–Trinajstić information content (AvgIpc) is 2.45. The van der Waals surface area contributed by atoms with Crippen molar-refractivity contribution in [2.45, 2.75) is 13.8 Å². The number of carbonyl (C=O) groups excluding carboxylic acids is 2. The van der Waals surface area contributed by atoms with Crippen molar-refractivity contribution in [3.63, 3.8) is 0 Å². The standard InChI is InChI=1S/C12H13ClN2O2/c1-6-7(2)12(17)15(11(6)16)10-4-3-8(14)5-9(10)13/h3-7H,14H2,1-2H3. The van der Waals surface area contributed by atoms with E-state index in [1.165, 1.54) is 6.07 Å². The van der Waals surface area contributed by atoms with Gasteiger partial charge in [-0.05, 0) is 18.2 Å². The number of imide groups is 1. The number of amides is 2. The smallest absolute Gasteiger partial charge is 0.237 e. The molecule has 1 heterocycles. The first-order valence-electron chi connectivity index (χ1n) is 5.36. The summed E-state index contributed by atoms with van der Waals surface area (Å²) >= 11 is 6.01. The van der Waals surface area contributed by atoms with Gasteiger partial charge in [0.25, 0.3) is 0 Å². The first kappa shape index (κ1) is 11.9. The topological polar surface area (TPSA) is 63.4 Å². The second-order valence-corrected chi connectivity index (χ2v) is 4.71. The zero-order chi connectivity index (χ0) is 12.7. The maximum absolute atomic E-state index is 12.0. The summed E-state index contributed by atoms with van der Waals surface area (Å²) in [5, 5.41) is 0.313. The number of anilines is 2. The predicted octanol–water partition coefficient (Wildman–Crippen LogP) is 2.07. The molecule has 4 nitrogen and oxygen atoms in total. The van der Waals surface area contributed by atoms with E-state index in [0.717, 1.165) is 4.90 Å². The van der Waals surface area contributed by atoms with Crippen molar-refractivity contribution in [3.8, 4) is 0 Å². The van der Waals surface area contributed by atoms with Gasteiger partial charge >= 0.3 is 0 Å². The van der Waals surface area contributed by atoms with E-state index in [9.17, 15) is 9.59 Å². The number of halogens is 1. The molecule has 0 spiro atoms. The molecular weight excluding hydrogens is 240 g/mol. The fourth-order valence-corrected chi connectivity index (χ4v) is 2.16. The molecule has 0 saturated carbocycles.